The average molecular weight is 342 g/mol. The number of rotatable bonds is 4. The summed E-state index contributed by atoms with van der Waals surface area (Å²) < 4.78 is 5.83. The van der Waals surface area contributed by atoms with Crippen LogP contribution in [0.5, 0.6) is 0 Å². The number of aliphatic hydroxyl groups excluding tert-OH is 1. The Bertz CT molecular complexity index is 757. The van der Waals surface area contributed by atoms with Gasteiger partial charge in [-0.1, -0.05) is 18.2 Å². The number of fused-ring (bicyclic) bond motifs is 1. The van der Waals surface area contributed by atoms with Gasteiger partial charge in [0.05, 0.1) is 6.10 Å². The van der Waals surface area contributed by atoms with Gasteiger partial charge in [0.25, 0.3) is 5.91 Å². The van der Waals surface area contributed by atoms with Crippen molar-refractivity contribution >= 4 is 16.9 Å². The van der Waals surface area contributed by atoms with Crippen molar-refractivity contribution in [1.82, 2.24) is 10.6 Å². The highest BCUT2D eigenvalue weighted by Gasteiger charge is 2.39. The number of furan rings is 1. The highest BCUT2D eigenvalue weighted by Crippen LogP contribution is 2.36. The van der Waals surface area contributed by atoms with Gasteiger partial charge in [0.2, 0.25) is 0 Å². The Kier molecular flexibility index (Phi) is 4.52. The van der Waals surface area contributed by atoms with E-state index in [4.69, 9.17) is 4.42 Å². The number of amides is 1. The fourth-order valence-electron chi connectivity index (χ4n) is 4.29. The predicted octanol–water partition coefficient (Wildman–Crippen LogP) is 2.61. The van der Waals surface area contributed by atoms with E-state index in [0.717, 1.165) is 55.3 Å². The number of nitrogens with one attached hydrogen (secondary N) is 2. The van der Waals surface area contributed by atoms with Gasteiger partial charge in [-0.25, -0.2) is 0 Å². The molecule has 5 heteroatoms. The third-order valence-electron chi connectivity index (χ3n) is 5.81. The summed E-state index contributed by atoms with van der Waals surface area (Å²) in [7, 11) is 0. The van der Waals surface area contributed by atoms with Crippen molar-refractivity contribution in [1.29, 1.82) is 0 Å². The minimum atomic E-state index is -0.208. The van der Waals surface area contributed by atoms with Crippen molar-refractivity contribution < 1.29 is 14.3 Å². The molecule has 1 aromatic carbocycles. The van der Waals surface area contributed by atoms with Gasteiger partial charge < -0.3 is 20.2 Å². The monoisotopic (exact) mass is 342 g/mol. The van der Waals surface area contributed by atoms with Crippen LogP contribution >= 0.6 is 0 Å². The Labute approximate surface area is 147 Å². The van der Waals surface area contributed by atoms with Crippen LogP contribution in [0.25, 0.3) is 11.0 Å². The van der Waals surface area contributed by atoms with Crippen LogP contribution < -0.4 is 10.6 Å². The molecule has 2 aromatic rings. The van der Waals surface area contributed by atoms with Gasteiger partial charge in [-0.3, -0.25) is 4.79 Å². The van der Waals surface area contributed by atoms with Gasteiger partial charge in [0, 0.05) is 11.4 Å². The highest BCUT2D eigenvalue weighted by molar-refractivity contribution is 5.96. The van der Waals surface area contributed by atoms with E-state index in [9.17, 15) is 9.90 Å². The number of carbonyl (C=O) groups is 1. The molecule has 1 aliphatic heterocycles. The van der Waals surface area contributed by atoms with Crippen LogP contribution in [0.2, 0.25) is 0 Å². The molecule has 0 spiro atoms. The normalized spacial score (nSPS) is 25.5. The van der Waals surface area contributed by atoms with Gasteiger partial charge in [-0.2, -0.15) is 0 Å². The zero-order valence-corrected chi connectivity index (χ0v) is 14.6. The van der Waals surface area contributed by atoms with E-state index in [1.54, 1.807) is 0 Å². The van der Waals surface area contributed by atoms with Crippen molar-refractivity contribution in [3.05, 3.63) is 35.6 Å². The second-order valence-corrected chi connectivity index (χ2v) is 7.58. The summed E-state index contributed by atoms with van der Waals surface area (Å²) in [5, 5.41) is 17.3. The summed E-state index contributed by atoms with van der Waals surface area (Å²) in [6, 6.07) is 7.87. The van der Waals surface area contributed by atoms with Crippen LogP contribution in [0.15, 0.2) is 28.7 Å². The number of para-hydroxylation sites is 1. The van der Waals surface area contributed by atoms with Gasteiger partial charge in [0.15, 0.2) is 5.76 Å². The van der Waals surface area contributed by atoms with Gasteiger partial charge in [-0.15, -0.1) is 0 Å². The number of hydrogen-bond acceptors (Lipinski definition) is 4. The maximum atomic E-state index is 12.8. The minimum absolute atomic E-state index is 0.118. The first-order valence-corrected chi connectivity index (χ1v) is 9.30. The Morgan fingerprint density at radius 3 is 2.72 bits per heavy atom. The summed E-state index contributed by atoms with van der Waals surface area (Å²) >= 11 is 0. The number of benzene rings is 1. The van der Waals surface area contributed by atoms with Crippen molar-refractivity contribution in [3.8, 4) is 0 Å². The lowest BCUT2D eigenvalue weighted by atomic mass is 9.71. The molecule has 0 bridgehead atoms. The standard InChI is InChI=1S/C20H26N2O3/c1-12-3-2-4-14-11-17(25-19(12)14)20(24)22-18(15-9-16(23)10-15)13-5-7-21-8-6-13/h2-4,11,13,15-16,18,21,23H,5-10H2,1H3,(H,22,24)/t15?,16?,18-/m0/s1. The third kappa shape index (κ3) is 3.31. The largest absolute Gasteiger partial charge is 0.451 e. The van der Waals surface area contributed by atoms with Crippen LogP contribution in [0, 0.1) is 18.8 Å². The lowest BCUT2D eigenvalue weighted by molar-refractivity contribution is 0.00891. The van der Waals surface area contributed by atoms with E-state index in [1.165, 1.54) is 0 Å². The number of aryl methyl sites for hydroxylation is 1. The molecule has 5 nitrogen and oxygen atoms in total. The number of piperidine rings is 1. The van der Waals surface area contributed by atoms with Crippen LogP contribution in [0.3, 0.4) is 0 Å². The van der Waals surface area contributed by atoms with Gasteiger partial charge in [-0.05, 0) is 69.2 Å². The molecule has 134 valence electrons. The zero-order valence-electron chi connectivity index (χ0n) is 14.6. The molecule has 1 saturated heterocycles. The van der Waals surface area contributed by atoms with Crippen molar-refractivity contribution in [2.75, 3.05) is 13.1 Å². The minimum Gasteiger partial charge on any atom is -0.451 e. The molecule has 25 heavy (non-hydrogen) atoms. The van der Waals surface area contributed by atoms with Gasteiger partial charge in [0.1, 0.15) is 5.58 Å². The molecular formula is C20H26N2O3. The van der Waals surface area contributed by atoms with E-state index < -0.39 is 0 Å². The summed E-state index contributed by atoms with van der Waals surface area (Å²) in [6.07, 6.45) is 3.50. The Morgan fingerprint density at radius 2 is 2.04 bits per heavy atom. The van der Waals surface area contributed by atoms with Crippen molar-refractivity contribution in [2.24, 2.45) is 11.8 Å². The smallest absolute Gasteiger partial charge is 0.287 e. The number of hydrogen-bond donors (Lipinski definition) is 3. The first-order chi connectivity index (χ1) is 12.1. The molecule has 2 aliphatic rings. The SMILES string of the molecule is Cc1cccc2cc(C(=O)N[C@@H](C3CCNCC3)C3CC(O)C3)oc12. The Hall–Kier alpha value is -1.85. The van der Waals surface area contributed by atoms with Crippen LogP contribution in [0.4, 0.5) is 0 Å². The first kappa shape index (κ1) is 16.6. The molecule has 1 aromatic heterocycles. The lowest BCUT2D eigenvalue weighted by Gasteiger charge is -2.43. The second kappa shape index (κ2) is 6.81. The van der Waals surface area contributed by atoms with E-state index in [0.29, 0.717) is 17.6 Å². The van der Waals surface area contributed by atoms with E-state index in [-0.39, 0.29) is 18.1 Å². The van der Waals surface area contributed by atoms with Crippen molar-refractivity contribution in [2.45, 2.75) is 44.8 Å². The quantitative estimate of drug-likeness (QED) is 0.798. The summed E-state index contributed by atoms with van der Waals surface area (Å²) in [5.41, 5.74) is 1.82. The summed E-state index contributed by atoms with van der Waals surface area (Å²) in [4.78, 5) is 12.8. The molecule has 2 fully saturated rings. The van der Waals surface area contributed by atoms with Crippen molar-refractivity contribution in [3.63, 3.8) is 0 Å². The van der Waals surface area contributed by atoms with Crippen LogP contribution in [-0.4, -0.2) is 36.2 Å². The molecule has 3 N–H and O–H groups in total. The molecule has 1 atom stereocenters. The summed E-state index contributed by atoms with van der Waals surface area (Å²) in [5.74, 6) is 1.07. The van der Waals surface area contributed by atoms with Crippen LogP contribution in [0.1, 0.15) is 41.8 Å². The zero-order chi connectivity index (χ0) is 17.4. The molecule has 1 aliphatic carbocycles. The van der Waals surface area contributed by atoms with E-state index in [1.807, 2.05) is 31.2 Å². The third-order valence-corrected chi connectivity index (χ3v) is 5.81. The maximum absolute atomic E-state index is 12.8. The average Bonchev–Trinajstić information content (AvgIpc) is 3.04. The van der Waals surface area contributed by atoms with Gasteiger partial charge >= 0.3 is 0 Å². The maximum Gasteiger partial charge on any atom is 0.287 e. The molecule has 1 saturated carbocycles. The molecule has 2 heterocycles. The molecule has 0 unspecified atom stereocenters. The molecule has 4 rings (SSSR count). The van der Waals surface area contributed by atoms with Crippen LogP contribution in [-0.2, 0) is 0 Å². The fraction of sp³-hybridized carbons (Fsp3) is 0.550. The Balaban J connectivity index is 1.53. The predicted molar refractivity (Wildman–Crippen MR) is 96.5 cm³/mol. The fourth-order valence-corrected chi connectivity index (χ4v) is 4.29. The number of carbonyl (C=O) groups excluding carboxylic acids is 1. The molecule has 1 amide bonds. The lowest BCUT2D eigenvalue weighted by Crippen LogP contribution is -2.52. The van der Waals surface area contributed by atoms with E-state index >= 15 is 0 Å². The Morgan fingerprint density at radius 1 is 1.28 bits per heavy atom. The topological polar surface area (TPSA) is 74.5 Å². The summed E-state index contributed by atoms with van der Waals surface area (Å²) in [6.45, 7) is 3.98. The first-order valence-electron chi connectivity index (χ1n) is 9.30. The molecular weight excluding hydrogens is 316 g/mol. The molecule has 0 radical (unpaired) electrons. The van der Waals surface area contributed by atoms with E-state index in [2.05, 4.69) is 10.6 Å². The number of aliphatic hydroxyl groups is 1. The highest BCUT2D eigenvalue weighted by atomic mass is 16.3. The second-order valence-electron chi connectivity index (χ2n) is 7.58.